The van der Waals surface area contributed by atoms with Crippen LogP contribution >= 0.6 is 0 Å². The molecule has 3 aliphatic rings. The summed E-state index contributed by atoms with van der Waals surface area (Å²) in [6.07, 6.45) is 5.63. The fourth-order valence-electron chi connectivity index (χ4n) is 5.96. The first-order valence-corrected chi connectivity index (χ1v) is 12.2. The predicted octanol–water partition coefficient (Wildman–Crippen LogP) is 3.88. The average molecular weight is 457 g/mol. The molecule has 1 aliphatic heterocycles. The molecule has 1 aromatic carbocycles. The summed E-state index contributed by atoms with van der Waals surface area (Å²) in [7, 11) is 2.13. The van der Waals surface area contributed by atoms with Gasteiger partial charge in [0.2, 0.25) is 0 Å². The minimum Gasteiger partial charge on any atom is -0.486 e. The van der Waals surface area contributed by atoms with Gasteiger partial charge in [-0.2, -0.15) is 0 Å². The van der Waals surface area contributed by atoms with Crippen molar-refractivity contribution >= 4 is 5.97 Å². The highest BCUT2D eigenvalue weighted by molar-refractivity contribution is 5.66. The van der Waals surface area contributed by atoms with Crippen LogP contribution in [-0.4, -0.2) is 60.5 Å². The molecule has 181 valence electrons. The number of esters is 1. The van der Waals surface area contributed by atoms with Gasteiger partial charge in [-0.25, -0.2) is 0 Å². The first-order valence-electron chi connectivity index (χ1n) is 12.2. The molecule has 1 fully saturated rings. The molecule has 1 aromatic rings. The van der Waals surface area contributed by atoms with Crippen LogP contribution in [0, 0.1) is 30.1 Å². The lowest BCUT2D eigenvalue weighted by atomic mass is 9.57. The van der Waals surface area contributed by atoms with E-state index in [1.54, 1.807) is 0 Å². The van der Waals surface area contributed by atoms with E-state index in [0.717, 1.165) is 43.0 Å². The fourth-order valence-corrected chi connectivity index (χ4v) is 5.96. The lowest BCUT2D eigenvalue weighted by Gasteiger charge is -2.53. The van der Waals surface area contributed by atoms with E-state index < -0.39 is 11.7 Å². The van der Waals surface area contributed by atoms with Crippen LogP contribution in [0.4, 0.5) is 0 Å². The van der Waals surface area contributed by atoms with Crippen LogP contribution < -0.4 is 9.47 Å². The Morgan fingerprint density at radius 2 is 2.03 bits per heavy atom. The molecule has 0 amide bonds. The number of carbonyl (C=O) groups is 1. The molecule has 6 heteroatoms. The standard InChI is InChI=1S/C27H38NO5/c1-17-12-23-22(11-10-19(3)27(23,30)13-26(17)32-20(4)29)18(2)14-28(5)15-21-16-31-24-8-6-7-9-25(24)33-21/h6-9,12-13,18-19,21-23,26,30H,10-11,14-16H2,1-5H3/t18?,19-,21?,22+,23-,26-,27-/m1/s1. The summed E-state index contributed by atoms with van der Waals surface area (Å²) in [6, 6.07) is 7.80. The molecule has 1 saturated carbocycles. The number of fused-ring (bicyclic) bond motifs is 2. The zero-order chi connectivity index (χ0) is 23.8. The van der Waals surface area contributed by atoms with Crippen molar-refractivity contribution in [1.29, 1.82) is 0 Å². The van der Waals surface area contributed by atoms with Crippen LogP contribution in [0.25, 0.3) is 0 Å². The Labute approximate surface area is 197 Å². The second-order valence-corrected chi connectivity index (χ2v) is 10.4. The van der Waals surface area contributed by atoms with Gasteiger partial charge in [0, 0.05) is 32.4 Å². The van der Waals surface area contributed by atoms with Crippen molar-refractivity contribution in [2.45, 2.75) is 58.3 Å². The number of aliphatic hydroxyl groups is 1. The molecule has 7 atom stereocenters. The van der Waals surface area contributed by atoms with Gasteiger partial charge in [0.15, 0.2) is 11.5 Å². The van der Waals surface area contributed by atoms with E-state index in [2.05, 4.69) is 31.9 Å². The number of para-hydroxylation sites is 2. The van der Waals surface area contributed by atoms with Crippen LogP contribution in [0.1, 0.15) is 40.5 Å². The number of benzene rings is 1. The third-order valence-electron chi connectivity index (χ3n) is 7.73. The third kappa shape index (κ3) is 5.07. The summed E-state index contributed by atoms with van der Waals surface area (Å²) < 4.78 is 17.5. The Hall–Kier alpha value is -2.05. The molecule has 1 N–H and O–H groups in total. The quantitative estimate of drug-likeness (QED) is 0.518. The number of rotatable bonds is 6. The van der Waals surface area contributed by atoms with Gasteiger partial charge in [-0.05, 0) is 62.3 Å². The van der Waals surface area contributed by atoms with Crippen molar-refractivity contribution in [3.05, 3.63) is 42.3 Å². The van der Waals surface area contributed by atoms with E-state index >= 15 is 0 Å². The van der Waals surface area contributed by atoms with E-state index in [1.165, 1.54) is 6.92 Å². The molecule has 6 nitrogen and oxygen atoms in total. The number of carbonyl (C=O) groups excluding carboxylic acids is 1. The zero-order valence-corrected chi connectivity index (χ0v) is 20.5. The first-order chi connectivity index (χ1) is 15.7. The summed E-state index contributed by atoms with van der Waals surface area (Å²) in [4.78, 5) is 13.9. The van der Waals surface area contributed by atoms with Crippen molar-refractivity contribution in [1.82, 2.24) is 4.90 Å². The molecule has 1 heterocycles. The molecular formula is C27H38NO5. The summed E-state index contributed by atoms with van der Waals surface area (Å²) in [5.74, 6) is 2.18. The van der Waals surface area contributed by atoms with Crippen molar-refractivity contribution < 1.29 is 24.1 Å². The number of nitrogens with zero attached hydrogens (tertiary/aromatic N) is 1. The largest absolute Gasteiger partial charge is 0.486 e. The number of likely N-dealkylation sites (N-methyl/N-ethyl adjacent to an activating group) is 1. The summed E-state index contributed by atoms with van der Waals surface area (Å²) in [5.41, 5.74) is 0.0466. The van der Waals surface area contributed by atoms with E-state index in [4.69, 9.17) is 14.2 Å². The topological polar surface area (TPSA) is 68.2 Å². The first kappa shape index (κ1) is 24.1. The fraction of sp³-hybridized carbons (Fsp3) is 0.630. The highest BCUT2D eigenvalue weighted by Gasteiger charge is 2.53. The Kier molecular flexibility index (Phi) is 7.06. The van der Waals surface area contributed by atoms with Gasteiger partial charge in [0.25, 0.3) is 0 Å². The van der Waals surface area contributed by atoms with Gasteiger partial charge in [-0.15, -0.1) is 0 Å². The second-order valence-electron chi connectivity index (χ2n) is 10.4. The van der Waals surface area contributed by atoms with Gasteiger partial charge in [-0.3, -0.25) is 4.79 Å². The van der Waals surface area contributed by atoms with Crippen molar-refractivity contribution in [2.75, 3.05) is 26.7 Å². The molecule has 33 heavy (non-hydrogen) atoms. The van der Waals surface area contributed by atoms with E-state index in [-0.39, 0.29) is 23.9 Å². The summed E-state index contributed by atoms with van der Waals surface area (Å²) >= 11 is 0. The maximum atomic E-state index is 11.7. The Morgan fingerprint density at radius 3 is 2.76 bits per heavy atom. The van der Waals surface area contributed by atoms with E-state index in [0.29, 0.717) is 18.4 Å². The number of ether oxygens (including phenoxy) is 3. The van der Waals surface area contributed by atoms with Crippen LogP contribution in [-0.2, 0) is 9.53 Å². The average Bonchev–Trinajstić information content (AvgIpc) is 2.75. The van der Waals surface area contributed by atoms with Gasteiger partial charge >= 0.3 is 5.97 Å². The molecular weight excluding hydrogens is 418 g/mol. The molecule has 4 rings (SSSR count). The maximum Gasteiger partial charge on any atom is 0.303 e. The monoisotopic (exact) mass is 456 g/mol. The van der Waals surface area contributed by atoms with Gasteiger partial charge in [0.05, 0.1) is 5.60 Å². The summed E-state index contributed by atoms with van der Waals surface area (Å²) in [6.45, 7) is 10.0. The van der Waals surface area contributed by atoms with Gasteiger partial charge in [-0.1, -0.05) is 32.1 Å². The van der Waals surface area contributed by atoms with Gasteiger partial charge < -0.3 is 24.2 Å². The van der Waals surface area contributed by atoms with Crippen LogP contribution in [0.3, 0.4) is 0 Å². The Balaban J connectivity index is 1.41. The molecule has 2 unspecified atom stereocenters. The minimum absolute atomic E-state index is 0.00458. The van der Waals surface area contributed by atoms with Crippen LogP contribution in [0.2, 0.25) is 0 Å². The number of hydrogen-bond acceptors (Lipinski definition) is 6. The molecule has 2 aliphatic carbocycles. The molecule has 0 saturated heterocycles. The molecule has 1 radical (unpaired) electrons. The molecule has 0 aromatic heterocycles. The molecule has 0 spiro atoms. The third-order valence-corrected chi connectivity index (χ3v) is 7.73. The highest BCUT2D eigenvalue weighted by atomic mass is 16.6. The predicted molar refractivity (Wildman–Crippen MR) is 127 cm³/mol. The Bertz CT molecular complexity index is 885. The minimum atomic E-state index is -0.959. The van der Waals surface area contributed by atoms with E-state index in [1.807, 2.05) is 37.6 Å². The lowest BCUT2D eigenvalue weighted by molar-refractivity contribution is -0.148. The van der Waals surface area contributed by atoms with Crippen molar-refractivity contribution in [3.8, 4) is 11.5 Å². The van der Waals surface area contributed by atoms with Crippen molar-refractivity contribution in [3.63, 3.8) is 0 Å². The normalized spacial score (nSPS) is 34.3. The van der Waals surface area contributed by atoms with Crippen molar-refractivity contribution in [2.24, 2.45) is 23.7 Å². The Morgan fingerprint density at radius 1 is 1.30 bits per heavy atom. The number of hydrogen-bond donors (Lipinski definition) is 1. The molecule has 0 bridgehead atoms. The lowest BCUT2D eigenvalue weighted by Crippen LogP contribution is -2.56. The van der Waals surface area contributed by atoms with Crippen LogP contribution in [0.15, 0.2) is 35.9 Å². The highest BCUT2D eigenvalue weighted by Crippen LogP contribution is 2.50. The summed E-state index contributed by atoms with van der Waals surface area (Å²) in [5, 5.41) is 11.7. The smallest absolute Gasteiger partial charge is 0.303 e. The van der Waals surface area contributed by atoms with Crippen LogP contribution in [0.5, 0.6) is 11.5 Å². The zero-order valence-electron chi connectivity index (χ0n) is 20.5. The van der Waals surface area contributed by atoms with Gasteiger partial charge in [0.1, 0.15) is 18.8 Å². The van der Waals surface area contributed by atoms with E-state index in [9.17, 15) is 9.90 Å². The second kappa shape index (κ2) is 9.67. The SMILES string of the molecule is CC(=O)O[C@@H]1[CH][C@@]2(O)[C@H](C)CC[C@@H](C(C)CN(C)CC3COc4ccccc4O3)[C@H]2C=C1C. The maximum absolute atomic E-state index is 11.7.